The van der Waals surface area contributed by atoms with E-state index in [1.54, 1.807) is 44.4 Å². The van der Waals surface area contributed by atoms with Crippen molar-refractivity contribution < 1.29 is 14.4 Å². The monoisotopic (exact) mass is 562 g/mol. The van der Waals surface area contributed by atoms with Crippen LogP contribution < -0.4 is 19.7 Å². The first kappa shape index (κ1) is 26.4. The molecule has 1 aliphatic rings. The fraction of sp³-hybridized carbons (Fsp3) is 0.222. The minimum absolute atomic E-state index is 0.0829. The van der Waals surface area contributed by atoms with Crippen molar-refractivity contribution in [1.82, 2.24) is 14.9 Å². The number of ether oxygens (including phenoxy) is 2. The van der Waals surface area contributed by atoms with Gasteiger partial charge < -0.3 is 24.6 Å². The van der Waals surface area contributed by atoms with Gasteiger partial charge in [0.15, 0.2) is 16.6 Å². The molecular formula is C27H26N6O4S2. The second-order valence-corrected chi connectivity index (χ2v) is 10.2. The van der Waals surface area contributed by atoms with Gasteiger partial charge in [0, 0.05) is 65.2 Å². The zero-order valence-corrected chi connectivity index (χ0v) is 23.0. The minimum Gasteiger partial charge on any atom is -0.493 e. The predicted octanol–water partition coefficient (Wildman–Crippen LogP) is 5.23. The quantitative estimate of drug-likeness (QED) is 0.182. The van der Waals surface area contributed by atoms with Gasteiger partial charge in [-0.15, -0.1) is 0 Å². The summed E-state index contributed by atoms with van der Waals surface area (Å²) in [6, 6.07) is 18.3. The molecule has 0 radical (unpaired) electrons. The lowest BCUT2D eigenvalue weighted by Crippen LogP contribution is -2.50. The standard InChI is InChI=1S/C27H26N6O4S2/c1-36-24-15-22-23(16-25(24)37-2)28-17-29-26(22)31-11-13-32(14-12-31)27(38)30-18-3-7-20(8-4-18)39-21-9-5-19(6-10-21)33(34)35/h3-10,15-17H,11-14H2,1-2H3,(H,30,38). The van der Waals surface area contributed by atoms with E-state index in [0.29, 0.717) is 16.6 Å². The highest BCUT2D eigenvalue weighted by Crippen LogP contribution is 2.35. The number of fused-ring (bicyclic) bond motifs is 1. The molecule has 0 aliphatic carbocycles. The molecule has 5 rings (SSSR count). The summed E-state index contributed by atoms with van der Waals surface area (Å²) in [5.74, 6) is 2.14. The Kier molecular flexibility index (Phi) is 7.94. The zero-order chi connectivity index (χ0) is 27.4. The van der Waals surface area contributed by atoms with Crippen LogP contribution in [0.5, 0.6) is 11.5 Å². The van der Waals surface area contributed by atoms with Gasteiger partial charge in [0.05, 0.1) is 24.7 Å². The third-order valence-corrected chi connectivity index (χ3v) is 7.75. The van der Waals surface area contributed by atoms with Crippen molar-refractivity contribution in [1.29, 1.82) is 0 Å². The fourth-order valence-electron chi connectivity index (χ4n) is 4.32. The highest BCUT2D eigenvalue weighted by molar-refractivity contribution is 7.99. The Morgan fingerprint density at radius 2 is 1.56 bits per heavy atom. The van der Waals surface area contributed by atoms with E-state index in [4.69, 9.17) is 21.7 Å². The molecule has 1 saturated heterocycles. The van der Waals surface area contributed by atoms with E-state index >= 15 is 0 Å². The first-order valence-electron chi connectivity index (χ1n) is 12.1. The summed E-state index contributed by atoms with van der Waals surface area (Å²) in [6.45, 7) is 3.01. The maximum absolute atomic E-state index is 10.8. The number of thiocarbonyl (C=S) groups is 1. The van der Waals surface area contributed by atoms with Crippen LogP contribution in [0.1, 0.15) is 0 Å². The average molecular weight is 563 g/mol. The number of aromatic nitrogens is 2. The van der Waals surface area contributed by atoms with Crippen LogP contribution in [0.3, 0.4) is 0 Å². The summed E-state index contributed by atoms with van der Waals surface area (Å²) < 4.78 is 10.9. The third kappa shape index (κ3) is 5.96. The number of nitro groups is 1. The topological polar surface area (TPSA) is 106 Å². The lowest BCUT2D eigenvalue weighted by atomic mass is 10.2. The number of non-ortho nitro benzene ring substituents is 1. The van der Waals surface area contributed by atoms with Crippen LogP contribution in [0.15, 0.2) is 76.8 Å². The molecule has 200 valence electrons. The van der Waals surface area contributed by atoms with Crippen LogP contribution in [0.25, 0.3) is 10.9 Å². The summed E-state index contributed by atoms with van der Waals surface area (Å²) in [4.78, 5) is 25.8. The van der Waals surface area contributed by atoms with Gasteiger partial charge in [0.1, 0.15) is 12.1 Å². The van der Waals surface area contributed by atoms with Crippen molar-refractivity contribution in [2.24, 2.45) is 0 Å². The van der Waals surface area contributed by atoms with Crippen LogP contribution in [0.2, 0.25) is 0 Å². The second kappa shape index (κ2) is 11.7. The highest BCUT2D eigenvalue weighted by atomic mass is 32.2. The molecule has 39 heavy (non-hydrogen) atoms. The summed E-state index contributed by atoms with van der Waals surface area (Å²) in [6.07, 6.45) is 1.58. The van der Waals surface area contributed by atoms with Gasteiger partial charge in [-0.1, -0.05) is 11.8 Å². The summed E-state index contributed by atoms with van der Waals surface area (Å²) in [5, 5.41) is 15.8. The number of methoxy groups -OCH3 is 2. The minimum atomic E-state index is -0.398. The average Bonchev–Trinajstić information content (AvgIpc) is 2.97. The molecule has 0 spiro atoms. The molecular weight excluding hydrogens is 536 g/mol. The maximum atomic E-state index is 10.8. The molecule has 0 amide bonds. The number of anilines is 2. The summed E-state index contributed by atoms with van der Waals surface area (Å²) in [7, 11) is 3.22. The Bertz CT molecular complexity index is 1490. The Morgan fingerprint density at radius 3 is 2.18 bits per heavy atom. The summed E-state index contributed by atoms with van der Waals surface area (Å²) >= 11 is 7.24. The first-order valence-corrected chi connectivity index (χ1v) is 13.4. The van der Waals surface area contributed by atoms with E-state index in [-0.39, 0.29) is 5.69 Å². The van der Waals surface area contributed by atoms with Crippen molar-refractivity contribution >= 4 is 57.2 Å². The number of rotatable bonds is 7. The van der Waals surface area contributed by atoms with Crippen LogP contribution in [0.4, 0.5) is 17.2 Å². The maximum Gasteiger partial charge on any atom is 0.269 e. The number of piperazine rings is 1. The Morgan fingerprint density at radius 1 is 0.949 bits per heavy atom. The normalized spacial score (nSPS) is 13.3. The molecule has 0 unspecified atom stereocenters. The van der Waals surface area contributed by atoms with Crippen LogP contribution >= 0.6 is 24.0 Å². The number of hydrogen-bond donors (Lipinski definition) is 1. The van der Waals surface area contributed by atoms with Crippen LogP contribution in [-0.2, 0) is 0 Å². The molecule has 1 N–H and O–H groups in total. The molecule has 12 heteroatoms. The van der Waals surface area contributed by atoms with E-state index in [2.05, 4.69) is 25.1 Å². The lowest BCUT2D eigenvalue weighted by Gasteiger charge is -2.37. The van der Waals surface area contributed by atoms with Gasteiger partial charge in [0.25, 0.3) is 5.69 Å². The Balaban J connectivity index is 1.18. The van der Waals surface area contributed by atoms with Crippen molar-refractivity contribution in [3.63, 3.8) is 0 Å². The Labute approximate surface area is 235 Å². The molecule has 0 saturated carbocycles. The van der Waals surface area contributed by atoms with Gasteiger partial charge in [-0.05, 0) is 54.7 Å². The van der Waals surface area contributed by atoms with E-state index in [9.17, 15) is 10.1 Å². The van der Waals surface area contributed by atoms with Gasteiger partial charge in [-0.2, -0.15) is 0 Å². The second-order valence-electron chi connectivity index (χ2n) is 8.70. The van der Waals surface area contributed by atoms with E-state index < -0.39 is 4.92 Å². The van der Waals surface area contributed by atoms with Crippen LogP contribution in [-0.4, -0.2) is 65.3 Å². The van der Waals surface area contributed by atoms with Gasteiger partial charge in [-0.25, -0.2) is 9.97 Å². The molecule has 0 bridgehead atoms. The molecule has 1 fully saturated rings. The largest absolute Gasteiger partial charge is 0.493 e. The van der Waals surface area contributed by atoms with Crippen LogP contribution in [0, 0.1) is 10.1 Å². The molecule has 4 aromatic rings. The fourth-order valence-corrected chi connectivity index (χ4v) is 5.44. The molecule has 10 nitrogen and oxygen atoms in total. The van der Waals surface area contributed by atoms with Crippen molar-refractivity contribution in [3.05, 3.63) is 77.1 Å². The summed E-state index contributed by atoms with van der Waals surface area (Å²) in [5.41, 5.74) is 1.78. The molecule has 3 aromatic carbocycles. The molecule has 1 aliphatic heterocycles. The number of nitro benzene ring substituents is 1. The predicted molar refractivity (Wildman–Crippen MR) is 156 cm³/mol. The van der Waals surface area contributed by atoms with Crippen molar-refractivity contribution in [3.8, 4) is 11.5 Å². The SMILES string of the molecule is COc1cc2ncnc(N3CCN(C(=S)Nc4ccc(Sc5ccc([N+](=O)[O-])cc5)cc4)CC3)c2cc1OC. The van der Waals surface area contributed by atoms with Crippen molar-refractivity contribution in [2.45, 2.75) is 9.79 Å². The number of hydrogen-bond acceptors (Lipinski definition) is 9. The van der Waals surface area contributed by atoms with Gasteiger partial charge in [0.2, 0.25) is 0 Å². The van der Waals surface area contributed by atoms with Gasteiger partial charge >= 0.3 is 0 Å². The van der Waals surface area contributed by atoms with Gasteiger partial charge in [-0.3, -0.25) is 10.1 Å². The molecule has 2 heterocycles. The lowest BCUT2D eigenvalue weighted by molar-refractivity contribution is -0.384. The number of benzene rings is 3. The molecule has 1 aromatic heterocycles. The zero-order valence-electron chi connectivity index (χ0n) is 21.4. The van der Waals surface area contributed by atoms with E-state index in [1.807, 2.05) is 36.4 Å². The van der Waals surface area contributed by atoms with E-state index in [0.717, 1.165) is 58.4 Å². The van der Waals surface area contributed by atoms with Crippen molar-refractivity contribution in [2.75, 3.05) is 50.6 Å². The number of nitrogens with zero attached hydrogens (tertiary/aromatic N) is 5. The number of nitrogens with one attached hydrogen (secondary N) is 1. The molecule has 0 atom stereocenters. The highest BCUT2D eigenvalue weighted by Gasteiger charge is 2.22. The Hall–Kier alpha value is -4.16. The third-order valence-electron chi connectivity index (χ3n) is 6.37. The smallest absolute Gasteiger partial charge is 0.269 e. The van der Waals surface area contributed by atoms with E-state index in [1.165, 1.54) is 12.1 Å². The first-order chi connectivity index (χ1) is 18.9.